The van der Waals surface area contributed by atoms with Crippen LogP contribution in [-0.4, -0.2) is 32.0 Å². The molecule has 0 saturated heterocycles. The molecule has 0 unspecified atom stereocenters. The topological polar surface area (TPSA) is 72.2 Å². The summed E-state index contributed by atoms with van der Waals surface area (Å²) in [5.41, 5.74) is 3.62. The summed E-state index contributed by atoms with van der Waals surface area (Å²) in [6.45, 7) is 6.74. The molecule has 0 aliphatic heterocycles. The molecule has 0 saturated carbocycles. The Morgan fingerprint density at radius 1 is 1.23 bits per heavy atom. The average Bonchev–Trinajstić information content (AvgIpc) is 3.03. The van der Waals surface area contributed by atoms with E-state index in [1.165, 1.54) is 11.8 Å². The van der Waals surface area contributed by atoms with E-state index in [1.807, 2.05) is 44.2 Å². The van der Waals surface area contributed by atoms with Crippen molar-refractivity contribution in [2.45, 2.75) is 44.5 Å². The number of nitrogens with zero attached hydrogens (tertiary/aromatic N) is 4. The summed E-state index contributed by atoms with van der Waals surface area (Å²) in [6, 6.07) is 9.66. The molecule has 136 valence electrons. The number of amides is 1. The standard InChI is InChI=1S/C19H23N5OS/c1-4-5-10-20-17(25)16-9-7-6-8-15(16)12-26-19-22-18-21-13(2)11-14(3)24(18)23-19/h6-9,11H,4-5,10,12H2,1-3H3,(H,20,25). The lowest BCUT2D eigenvalue weighted by atomic mass is 10.1. The zero-order chi connectivity index (χ0) is 18.5. The first kappa shape index (κ1) is 18.4. The number of hydrogen-bond donors (Lipinski definition) is 1. The van der Waals surface area contributed by atoms with Crippen LogP contribution in [0.1, 0.15) is 47.1 Å². The van der Waals surface area contributed by atoms with E-state index in [2.05, 4.69) is 27.3 Å². The Hall–Kier alpha value is -2.41. The molecule has 1 N–H and O–H groups in total. The highest BCUT2D eigenvalue weighted by atomic mass is 32.2. The number of carbonyl (C=O) groups is 1. The second kappa shape index (κ2) is 8.31. The Balaban J connectivity index is 1.74. The van der Waals surface area contributed by atoms with E-state index in [0.29, 0.717) is 28.8 Å². The van der Waals surface area contributed by atoms with Crippen LogP contribution >= 0.6 is 11.8 Å². The van der Waals surface area contributed by atoms with Crippen LogP contribution in [-0.2, 0) is 5.75 Å². The molecular weight excluding hydrogens is 346 g/mol. The molecule has 0 aliphatic rings. The van der Waals surface area contributed by atoms with Crippen LogP contribution in [0.25, 0.3) is 5.78 Å². The van der Waals surface area contributed by atoms with Crippen molar-refractivity contribution in [2.24, 2.45) is 0 Å². The summed E-state index contributed by atoms with van der Waals surface area (Å²) >= 11 is 1.51. The predicted molar refractivity (Wildman–Crippen MR) is 104 cm³/mol. The second-order valence-electron chi connectivity index (χ2n) is 6.20. The van der Waals surface area contributed by atoms with Crippen molar-refractivity contribution >= 4 is 23.4 Å². The van der Waals surface area contributed by atoms with Crippen LogP contribution < -0.4 is 5.32 Å². The van der Waals surface area contributed by atoms with Crippen molar-refractivity contribution in [3.63, 3.8) is 0 Å². The lowest BCUT2D eigenvalue weighted by molar-refractivity contribution is 0.0952. The third kappa shape index (κ3) is 4.22. The van der Waals surface area contributed by atoms with Gasteiger partial charge in [-0.05, 0) is 38.0 Å². The molecule has 2 aromatic heterocycles. The Bertz CT molecular complexity index is 921. The Labute approximate surface area is 157 Å². The largest absolute Gasteiger partial charge is 0.352 e. The Kier molecular flexibility index (Phi) is 5.88. The monoisotopic (exact) mass is 369 g/mol. The van der Waals surface area contributed by atoms with Crippen molar-refractivity contribution < 1.29 is 4.79 Å². The van der Waals surface area contributed by atoms with E-state index in [9.17, 15) is 4.79 Å². The molecule has 2 heterocycles. The van der Waals surface area contributed by atoms with Gasteiger partial charge in [0.15, 0.2) is 0 Å². The summed E-state index contributed by atoms with van der Waals surface area (Å²) < 4.78 is 1.75. The fraction of sp³-hybridized carbons (Fsp3) is 0.368. The van der Waals surface area contributed by atoms with Gasteiger partial charge in [0.1, 0.15) is 0 Å². The summed E-state index contributed by atoms with van der Waals surface area (Å²) in [4.78, 5) is 21.3. The van der Waals surface area contributed by atoms with E-state index in [-0.39, 0.29) is 5.91 Å². The van der Waals surface area contributed by atoms with Gasteiger partial charge < -0.3 is 5.32 Å². The normalized spacial score (nSPS) is 11.0. The number of aromatic nitrogens is 4. The van der Waals surface area contributed by atoms with Crippen LogP contribution in [0.2, 0.25) is 0 Å². The van der Waals surface area contributed by atoms with Crippen molar-refractivity contribution in [3.05, 3.63) is 52.8 Å². The van der Waals surface area contributed by atoms with Gasteiger partial charge in [-0.15, -0.1) is 5.10 Å². The predicted octanol–water partition coefficient (Wildman–Crippen LogP) is 3.56. The fourth-order valence-corrected chi connectivity index (χ4v) is 3.51. The van der Waals surface area contributed by atoms with E-state index < -0.39 is 0 Å². The molecule has 7 heteroatoms. The highest BCUT2D eigenvalue weighted by Crippen LogP contribution is 2.22. The van der Waals surface area contributed by atoms with Gasteiger partial charge in [0.25, 0.3) is 11.7 Å². The molecule has 3 rings (SSSR count). The maximum atomic E-state index is 12.4. The third-order valence-electron chi connectivity index (χ3n) is 4.03. The van der Waals surface area contributed by atoms with Gasteiger partial charge in [-0.25, -0.2) is 9.50 Å². The lowest BCUT2D eigenvalue weighted by Crippen LogP contribution is -2.25. The van der Waals surface area contributed by atoms with E-state index in [1.54, 1.807) is 4.52 Å². The summed E-state index contributed by atoms with van der Waals surface area (Å²) in [5.74, 6) is 1.22. The van der Waals surface area contributed by atoms with Crippen LogP contribution in [0.15, 0.2) is 35.5 Å². The first-order valence-corrected chi connectivity index (χ1v) is 9.77. The van der Waals surface area contributed by atoms with Crippen molar-refractivity contribution in [3.8, 4) is 0 Å². The smallest absolute Gasteiger partial charge is 0.253 e. The molecular formula is C19H23N5OS. The molecule has 0 radical (unpaired) electrons. The van der Waals surface area contributed by atoms with Gasteiger partial charge in [0, 0.05) is 29.2 Å². The minimum Gasteiger partial charge on any atom is -0.352 e. The molecule has 0 spiro atoms. The maximum Gasteiger partial charge on any atom is 0.253 e. The number of unbranched alkanes of at least 4 members (excludes halogenated alkanes) is 1. The van der Waals surface area contributed by atoms with E-state index in [0.717, 1.165) is 29.8 Å². The molecule has 0 aliphatic carbocycles. The molecule has 0 fully saturated rings. The number of benzene rings is 1. The number of thioether (sulfide) groups is 1. The first-order valence-electron chi connectivity index (χ1n) is 8.78. The quantitative estimate of drug-likeness (QED) is 0.509. The lowest BCUT2D eigenvalue weighted by Gasteiger charge is -2.09. The van der Waals surface area contributed by atoms with Crippen molar-refractivity contribution in [2.75, 3.05) is 6.54 Å². The molecule has 0 bridgehead atoms. The Morgan fingerprint density at radius 3 is 2.85 bits per heavy atom. The van der Waals surface area contributed by atoms with Gasteiger partial charge in [0.05, 0.1) is 0 Å². The van der Waals surface area contributed by atoms with Crippen molar-refractivity contribution in [1.82, 2.24) is 24.9 Å². The molecule has 0 atom stereocenters. The minimum absolute atomic E-state index is 0.0225. The van der Waals surface area contributed by atoms with Crippen molar-refractivity contribution in [1.29, 1.82) is 0 Å². The van der Waals surface area contributed by atoms with Crippen LogP contribution in [0.3, 0.4) is 0 Å². The highest BCUT2D eigenvalue weighted by Gasteiger charge is 2.13. The SMILES string of the molecule is CCCCNC(=O)c1ccccc1CSc1nc2nc(C)cc(C)n2n1. The third-order valence-corrected chi connectivity index (χ3v) is 4.92. The number of hydrogen-bond acceptors (Lipinski definition) is 5. The molecule has 3 aromatic rings. The zero-order valence-corrected chi connectivity index (χ0v) is 16.1. The fourth-order valence-electron chi connectivity index (χ4n) is 2.69. The number of rotatable bonds is 7. The second-order valence-corrected chi connectivity index (χ2v) is 7.14. The first-order chi connectivity index (χ1) is 12.6. The zero-order valence-electron chi connectivity index (χ0n) is 15.3. The Morgan fingerprint density at radius 2 is 2.04 bits per heavy atom. The molecule has 6 nitrogen and oxygen atoms in total. The molecule has 26 heavy (non-hydrogen) atoms. The average molecular weight is 369 g/mol. The van der Waals surface area contributed by atoms with Crippen LogP contribution in [0.4, 0.5) is 0 Å². The highest BCUT2D eigenvalue weighted by molar-refractivity contribution is 7.98. The number of fused-ring (bicyclic) bond motifs is 1. The van der Waals surface area contributed by atoms with Gasteiger partial charge >= 0.3 is 0 Å². The van der Waals surface area contributed by atoms with Crippen LogP contribution in [0, 0.1) is 13.8 Å². The summed E-state index contributed by atoms with van der Waals surface area (Å²) in [6.07, 6.45) is 2.05. The number of aryl methyl sites for hydroxylation is 2. The molecule has 1 aromatic carbocycles. The van der Waals surface area contributed by atoms with Gasteiger partial charge in [-0.1, -0.05) is 43.3 Å². The summed E-state index contributed by atoms with van der Waals surface area (Å²) in [5, 5.41) is 8.15. The minimum atomic E-state index is -0.0225. The van der Waals surface area contributed by atoms with Gasteiger partial charge in [-0.3, -0.25) is 4.79 Å². The number of carbonyl (C=O) groups excluding carboxylic acids is 1. The van der Waals surface area contributed by atoms with E-state index >= 15 is 0 Å². The van der Waals surface area contributed by atoms with Crippen LogP contribution in [0.5, 0.6) is 0 Å². The summed E-state index contributed by atoms with van der Waals surface area (Å²) in [7, 11) is 0. The van der Waals surface area contributed by atoms with Gasteiger partial charge in [0.2, 0.25) is 5.16 Å². The van der Waals surface area contributed by atoms with E-state index in [4.69, 9.17) is 0 Å². The molecule has 1 amide bonds. The van der Waals surface area contributed by atoms with Gasteiger partial charge in [-0.2, -0.15) is 4.98 Å². The maximum absolute atomic E-state index is 12.4. The number of nitrogens with one attached hydrogen (secondary N) is 1.